The second-order valence-corrected chi connectivity index (χ2v) is 4.09. The van der Waals surface area contributed by atoms with Crippen molar-refractivity contribution in [3.05, 3.63) is 0 Å². The predicted molar refractivity (Wildman–Crippen MR) is 55.6 cm³/mol. The first-order valence-corrected chi connectivity index (χ1v) is 5.90. The lowest BCUT2D eigenvalue weighted by Crippen LogP contribution is -2.15. The van der Waals surface area contributed by atoms with Gasteiger partial charge in [0.25, 0.3) is 0 Å². The first kappa shape index (κ1) is 13.3. The van der Waals surface area contributed by atoms with Crippen LogP contribution in [0.25, 0.3) is 0 Å². The van der Waals surface area contributed by atoms with Gasteiger partial charge < -0.3 is 10.2 Å². The maximum Gasteiger partial charge on any atom is 0.306 e. The average Bonchev–Trinajstić information content (AvgIpc) is 2.10. The summed E-state index contributed by atoms with van der Waals surface area (Å²) in [6, 6.07) is 0. The summed E-state index contributed by atoms with van der Waals surface area (Å²) >= 11 is 1.67. The molecule has 0 saturated carbocycles. The summed E-state index contributed by atoms with van der Waals surface area (Å²) in [7, 11) is 0. The monoisotopic (exact) mass is 220 g/mol. The van der Waals surface area contributed by atoms with E-state index in [4.69, 9.17) is 10.2 Å². The summed E-state index contributed by atoms with van der Waals surface area (Å²) in [6.07, 6.45) is 3.55. The molecule has 1 unspecified atom stereocenters. The van der Waals surface area contributed by atoms with E-state index >= 15 is 0 Å². The first-order valence-electron chi connectivity index (χ1n) is 4.51. The van der Waals surface area contributed by atoms with Crippen LogP contribution >= 0.6 is 11.8 Å². The lowest BCUT2D eigenvalue weighted by Gasteiger charge is -2.09. The fourth-order valence-electron chi connectivity index (χ4n) is 1.16. The van der Waals surface area contributed by atoms with Crippen LogP contribution in [0.15, 0.2) is 0 Å². The molecule has 0 aliphatic heterocycles. The van der Waals surface area contributed by atoms with Gasteiger partial charge in [-0.1, -0.05) is 0 Å². The molecule has 14 heavy (non-hydrogen) atoms. The number of thioether (sulfide) groups is 1. The van der Waals surface area contributed by atoms with E-state index in [0.717, 1.165) is 12.2 Å². The standard InChI is InChI=1S/C9H16O4S/c1-14-6-2-3-7(9(12)13)4-5-8(10)11/h7H,2-6H2,1H3,(H,10,11)(H,12,13). The summed E-state index contributed by atoms with van der Waals surface area (Å²) in [5, 5.41) is 17.2. The minimum Gasteiger partial charge on any atom is -0.481 e. The highest BCUT2D eigenvalue weighted by molar-refractivity contribution is 7.98. The summed E-state index contributed by atoms with van der Waals surface area (Å²) in [5.74, 6) is -1.39. The summed E-state index contributed by atoms with van der Waals surface area (Å²) in [5.41, 5.74) is 0. The van der Waals surface area contributed by atoms with Gasteiger partial charge in [-0.25, -0.2) is 0 Å². The third-order valence-electron chi connectivity index (χ3n) is 1.96. The SMILES string of the molecule is CSCCCC(CCC(=O)O)C(=O)O. The molecule has 0 radical (unpaired) electrons. The number of hydrogen-bond donors (Lipinski definition) is 2. The quantitative estimate of drug-likeness (QED) is 0.609. The number of aliphatic carboxylic acids is 2. The van der Waals surface area contributed by atoms with Crippen molar-refractivity contribution in [3.63, 3.8) is 0 Å². The average molecular weight is 220 g/mol. The molecule has 0 aromatic carbocycles. The minimum absolute atomic E-state index is 0.0593. The fraction of sp³-hybridized carbons (Fsp3) is 0.778. The molecule has 0 aromatic rings. The minimum atomic E-state index is -0.930. The number of hydrogen-bond acceptors (Lipinski definition) is 3. The molecular weight excluding hydrogens is 204 g/mol. The number of rotatable bonds is 8. The van der Waals surface area contributed by atoms with E-state index in [-0.39, 0.29) is 12.8 Å². The van der Waals surface area contributed by atoms with Crippen LogP contribution in [0.1, 0.15) is 25.7 Å². The smallest absolute Gasteiger partial charge is 0.306 e. The van der Waals surface area contributed by atoms with Crippen molar-refractivity contribution >= 4 is 23.7 Å². The molecule has 0 bridgehead atoms. The molecule has 2 N–H and O–H groups in total. The lowest BCUT2D eigenvalue weighted by molar-refractivity contribution is -0.143. The van der Waals surface area contributed by atoms with Gasteiger partial charge in [0.2, 0.25) is 0 Å². The number of carboxylic acid groups (broad SMARTS) is 2. The van der Waals surface area contributed by atoms with E-state index in [9.17, 15) is 9.59 Å². The van der Waals surface area contributed by atoms with E-state index in [0.29, 0.717) is 6.42 Å². The Balaban J connectivity index is 3.78. The Morgan fingerprint density at radius 1 is 1.29 bits per heavy atom. The Morgan fingerprint density at radius 2 is 1.93 bits per heavy atom. The third kappa shape index (κ3) is 6.77. The zero-order valence-corrected chi connectivity index (χ0v) is 9.05. The molecule has 0 spiro atoms. The highest BCUT2D eigenvalue weighted by Gasteiger charge is 2.17. The van der Waals surface area contributed by atoms with Gasteiger partial charge in [-0.05, 0) is 31.3 Å². The summed E-state index contributed by atoms with van der Waals surface area (Å²) in [6.45, 7) is 0. The molecule has 1 atom stereocenters. The Hall–Kier alpha value is -0.710. The zero-order valence-electron chi connectivity index (χ0n) is 8.23. The molecule has 0 aliphatic rings. The van der Waals surface area contributed by atoms with Gasteiger partial charge in [0.1, 0.15) is 0 Å². The molecule has 0 fully saturated rings. The van der Waals surface area contributed by atoms with E-state index in [1.54, 1.807) is 11.8 Å². The molecule has 0 rings (SSSR count). The third-order valence-corrected chi connectivity index (χ3v) is 2.65. The van der Waals surface area contributed by atoms with Crippen LogP contribution in [0.3, 0.4) is 0 Å². The fourth-order valence-corrected chi connectivity index (χ4v) is 1.62. The maximum atomic E-state index is 10.7. The van der Waals surface area contributed by atoms with Crippen LogP contribution in [0.5, 0.6) is 0 Å². The normalized spacial score (nSPS) is 12.4. The van der Waals surface area contributed by atoms with Crippen LogP contribution < -0.4 is 0 Å². The Morgan fingerprint density at radius 3 is 2.36 bits per heavy atom. The van der Waals surface area contributed by atoms with Crippen LogP contribution in [0.4, 0.5) is 0 Å². The molecule has 4 nitrogen and oxygen atoms in total. The number of carboxylic acids is 2. The largest absolute Gasteiger partial charge is 0.481 e. The van der Waals surface area contributed by atoms with Gasteiger partial charge in [0, 0.05) is 6.42 Å². The van der Waals surface area contributed by atoms with Crippen molar-refractivity contribution in [1.29, 1.82) is 0 Å². The van der Waals surface area contributed by atoms with E-state index in [1.165, 1.54) is 0 Å². The van der Waals surface area contributed by atoms with Crippen LogP contribution in [-0.2, 0) is 9.59 Å². The van der Waals surface area contributed by atoms with Gasteiger partial charge in [-0.3, -0.25) is 9.59 Å². The Labute approximate surface area is 87.7 Å². The molecule has 5 heteroatoms. The van der Waals surface area contributed by atoms with Crippen LogP contribution in [-0.4, -0.2) is 34.2 Å². The van der Waals surface area contributed by atoms with Crippen LogP contribution in [0, 0.1) is 5.92 Å². The van der Waals surface area contributed by atoms with Gasteiger partial charge in [-0.15, -0.1) is 0 Å². The molecular formula is C9H16O4S. The Kier molecular flexibility index (Phi) is 7.28. The summed E-state index contributed by atoms with van der Waals surface area (Å²) < 4.78 is 0. The van der Waals surface area contributed by atoms with E-state index in [1.807, 2.05) is 6.26 Å². The van der Waals surface area contributed by atoms with Gasteiger partial charge in [0.05, 0.1) is 5.92 Å². The van der Waals surface area contributed by atoms with Crippen LogP contribution in [0.2, 0.25) is 0 Å². The van der Waals surface area contributed by atoms with E-state index < -0.39 is 17.9 Å². The van der Waals surface area contributed by atoms with Gasteiger partial charge >= 0.3 is 11.9 Å². The summed E-state index contributed by atoms with van der Waals surface area (Å²) in [4.78, 5) is 21.0. The molecule has 0 heterocycles. The molecule has 82 valence electrons. The molecule has 0 aromatic heterocycles. The second kappa shape index (κ2) is 7.67. The van der Waals surface area contributed by atoms with Gasteiger partial charge in [-0.2, -0.15) is 11.8 Å². The maximum absolute atomic E-state index is 10.7. The van der Waals surface area contributed by atoms with Crippen molar-refractivity contribution in [2.75, 3.05) is 12.0 Å². The lowest BCUT2D eigenvalue weighted by atomic mass is 9.98. The van der Waals surface area contributed by atoms with Crippen molar-refractivity contribution in [1.82, 2.24) is 0 Å². The highest BCUT2D eigenvalue weighted by Crippen LogP contribution is 2.15. The second-order valence-electron chi connectivity index (χ2n) is 3.10. The molecule has 0 amide bonds. The predicted octanol–water partition coefficient (Wildman–Crippen LogP) is 1.70. The van der Waals surface area contributed by atoms with Crippen molar-refractivity contribution < 1.29 is 19.8 Å². The molecule has 0 aliphatic carbocycles. The molecule has 0 saturated heterocycles. The van der Waals surface area contributed by atoms with Crippen molar-refractivity contribution in [3.8, 4) is 0 Å². The van der Waals surface area contributed by atoms with Gasteiger partial charge in [0.15, 0.2) is 0 Å². The zero-order chi connectivity index (χ0) is 11.0. The van der Waals surface area contributed by atoms with Crippen molar-refractivity contribution in [2.45, 2.75) is 25.7 Å². The first-order chi connectivity index (χ1) is 6.57. The highest BCUT2D eigenvalue weighted by atomic mass is 32.2. The van der Waals surface area contributed by atoms with E-state index in [2.05, 4.69) is 0 Å². The number of carbonyl (C=O) groups is 2. The van der Waals surface area contributed by atoms with Crippen molar-refractivity contribution in [2.24, 2.45) is 5.92 Å². The topological polar surface area (TPSA) is 74.6 Å². The Bertz CT molecular complexity index is 193.